The van der Waals surface area contributed by atoms with Gasteiger partial charge in [-0.25, -0.2) is 0 Å². The van der Waals surface area contributed by atoms with Crippen LogP contribution in [0.1, 0.15) is 13.8 Å². The summed E-state index contributed by atoms with van der Waals surface area (Å²) in [7, 11) is 5.00. The zero-order valence-electron chi connectivity index (χ0n) is 11.3. The van der Waals surface area contributed by atoms with Gasteiger partial charge >= 0.3 is 5.97 Å². The van der Waals surface area contributed by atoms with E-state index in [1.807, 2.05) is 0 Å². The van der Waals surface area contributed by atoms with Gasteiger partial charge in [0.1, 0.15) is 0 Å². The van der Waals surface area contributed by atoms with E-state index in [4.69, 9.17) is 25.5 Å². The molecule has 106 valence electrons. The number of rotatable bonds is 1. The standard InChI is InChI=1S/C4H8O2.5CH4O/c1-3-6-4(2)5;5*1-2/h3H2,1-2H3;5*2H,1H3. The quantitative estimate of drug-likeness (QED) is 0.361. The summed E-state index contributed by atoms with van der Waals surface area (Å²) in [4.78, 5) is 9.82. The van der Waals surface area contributed by atoms with Gasteiger partial charge in [-0.2, -0.15) is 0 Å². The summed E-state index contributed by atoms with van der Waals surface area (Å²) >= 11 is 0. The van der Waals surface area contributed by atoms with Crippen LogP contribution in [-0.2, 0) is 9.53 Å². The molecule has 0 radical (unpaired) electrons. The van der Waals surface area contributed by atoms with Crippen LogP contribution in [0, 0.1) is 0 Å². The Morgan fingerprint density at radius 1 is 0.812 bits per heavy atom. The molecule has 7 nitrogen and oxygen atoms in total. The van der Waals surface area contributed by atoms with E-state index in [0.717, 1.165) is 35.5 Å². The van der Waals surface area contributed by atoms with E-state index >= 15 is 0 Å². The molecule has 0 fully saturated rings. The third-order valence-electron chi connectivity index (χ3n) is 0.348. The van der Waals surface area contributed by atoms with Crippen LogP contribution in [0.5, 0.6) is 0 Å². The van der Waals surface area contributed by atoms with E-state index in [0.29, 0.717) is 6.61 Å². The van der Waals surface area contributed by atoms with Gasteiger partial charge in [-0.15, -0.1) is 0 Å². The summed E-state index contributed by atoms with van der Waals surface area (Å²) in [6.45, 7) is 3.65. The molecule has 0 rings (SSSR count). The number of aliphatic hydroxyl groups is 5. The molecular weight excluding hydrogens is 220 g/mol. The van der Waals surface area contributed by atoms with Gasteiger partial charge in [0.2, 0.25) is 0 Å². The molecule has 7 heteroatoms. The second-order valence-corrected chi connectivity index (χ2v) is 0.925. The van der Waals surface area contributed by atoms with Crippen molar-refractivity contribution < 1.29 is 35.1 Å². The van der Waals surface area contributed by atoms with Crippen molar-refractivity contribution in [3.63, 3.8) is 0 Å². The zero-order valence-corrected chi connectivity index (χ0v) is 11.3. The molecule has 16 heavy (non-hydrogen) atoms. The van der Waals surface area contributed by atoms with E-state index in [9.17, 15) is 4.79 Å². The second-order valence-electron chi connectivity index (χ2n) is 0.925. The predicted molar refractivity (Wildman–Crippen MR) is 63.0 cm³/mol. The lowest BCUT2D eigenvalue weighted by Gasteiger charge is -1.89. The Morgan fingerprint density at radius 3 is 1.00 bits per heavy atom. The molecule has 0 unspecified atom stereocenters. The first-order valence-corrected chi connectivity index (χ1v) is 4.14. The Morgan fingerprint density at radius 2 is 1.00 bits per heavy atom. The number of aliphatic hydroxyl groups excluding tert-OH is 5. The molecule has 0 aliphatic carbocycles. The highest BCUT2D eigenvalue weighted by molar-refractivity contribution is 5.65. The summed E-state index contributed by atoms with van der Waals surface area (Å²) in [5, 5.41) is 35.0. The van der Waals surface area contributed by atoms with Gasteiger partial charge in [0, 0.05) is 42.5 Å². The summed E-state index contributed by atoms with van der Waals surface area (Å²) in [6, 6.07) is 0. The molecule has 0 atom stereocenters. The van der Waals surface area contributed by atoms with Gasteiger partial charge in [-0.05, 0) is 6.92 Å². The fraction of sp³-hybridized carbons (Fsp3) is 0.889. The molecule has 0 spiro atoms. The Kier molecular flexibility index (Phi) is 312. The lowest BCUT2D eigenvalue weighted by molar-refractivity contribution is -0.140. The highest BCUT2D eigenvalue weighted by Crippen LogP contribution is 1.69. The molecule has 5 N–H and O–H groups in total. The molecule has 0 aromatic carbocycles. The van der Waals surface area contributed by atoms with E-state index in [1.54, 1.807) is 6.92 Å². The van der Waals surface area contributed by atoms with E-state index < -0.39 is 0 Å². The topological polar surface area (TPSA) is 127 Å². The average molecular weight is 248 g/mol. The third-order valence-corrected chi connectivity index (χ3v) is 0.348. The van der Waals surface area contributed by atoms with Crippen molar-refractivity contribution >= 4 is 5.97 Å². The zero-order chi connectivity index (χ0) is 15.0. The molecule has 0 heterocycles. The van der Waals surface area contributed by atoms with Crippen LogP contribution in [0.4, 0.5) is 0 Å². The first-order chi connectivity index (χ1) is 7.77. The first-order valence-electron chi connectivity index (χ1n) is 4.14. The van der Waals surface area contributed by atoms with Gasteiger partial charge in [0.25, 0.3) is 0 Å². The summed E-state index contributed by atoms with van der Waals surface area (Å²) in [6.07, 6.45) is 0. The van der Waals surface area contributed by atoms with E-state index in [-0.39, 0.29) is 5.97 Å². The molecule has 0 saturated carbocycles. The fourth-order valence-corrected chi connectivity index (χ4v) is 0.203. The van der Waals surface area contributed by atoms with Gasteiger partial charge < -0.3 is 30.3 Å². The molecule has 0 saturated heterocycles. The molecule has 0 amide bonds. The SMILES string of the molecule is CCOC(C)=O.CO.CO.CO.CO.CO. The lowest BCUT2D eigenvalue weighted by Crippen LogP contribution is -1.95. The van der Waals surface area contributed by atoms with Crippen molar-refractivity contribution in [3.8, 4) is 0 Å². The molecule has 0 bridgehead atoms. The van der Waals surface area contributed by atoms with Crippen LogP contribution >= 0.6 is 0 Å². The Bertz CT molecular complexity index is 59.8. The molecule has 0 aromatic heterocycles. The molecule has 0 aliphatic heterocycles. The predicted octanol–water partition coefficient (Wildman–Crippen LogP) is -1.39. The van der Waals surface area contributed by atoms with Crippen molar-refractivity contribution in [2.75, 3.05) is 42.2 Å². The number of hydrogen-bond donors (Lipinski definition) is 5. The minimum Gasteiger partial charge on any atom is -0.466 e. The monoisotopic (exact) mass is 248 g/mol. The third kappa shape index (κ3) is 388. The summed E-state index contributed by atoms with van der Waals surface area (Å²) in [5.74, 6) is -0.211. The van der Waals surface area contributed by atoms with Gasteiger partial charge in [0.05, 0.1) is 6.61 Å². The minimum atomic E-state index is -0.211. The number of hydrogen-bond acceptors (Lipinski definition) is 7. The normalized spacial score (nSPS) is 4.75. The Balaban J connectivity index is -0.0000000214. The minimum absolute atomic E-state index is 0.211. The highest BCUT2D eigenvalue weighted by Gasteiger charge is 1.81. The largest absolute Gasteiger partial charge is 0.466 e. The van der Waals surface area contributed by atoms with Crippen LogP contribution in [-0.4, -0.2) is 73.7 Å². The summed E-state index contributed by atoms with van der Waals surface area (Å²) < 4.78 is 4.40. The first kappa shape index (κ1) is 36.2. The molecule has 0 aliphatic rings. The van der Waals surface area contributed by atoms with Crippen molar-refractivity contribution in [1.29, 1.82) is 0 Å². The maximum absolute atomic E-state index is 9.82. The van der Waals surface area contributed by atoms with Crippen LogP contribution in [0.25, 0.3) is 0 Å². The van der Waals surface area contributed by atoms with E-state index in [1.165, 1.54) is 6.92 Å². The van der Waals surface area contributed by atoms with E-state index in [2.05, 4.69) is 4.74 Å². The average Bonchev–Trinajstić information content (AvgIpc) is 2.41. The number of carbonyl (C=O) groups excluding carboxylic acids is 1. The number of ether oxygens (including phenoxy) is 1. The second kappa shape index (κ2) is 138. The van der Waals surface area contributed by atoms with Crippen LogP contribution in [0.2, 0.25) is 0 Å². The highest BCUT2D eigenvalue weighted by atomic mass is 16.5. The van der Waals surface area contributed by atoms with Crippen molar-refractivity contribution in [1.82, 2.24) is 0 Å². The maximum Gasteiger partial charge on any atom is 0.302 e. The fourth-order valence-electron chi connectivity index (χ4n) is 0.203. The number of carbonyl (C=O) groups is 1. The van der Waals surface area contributed by atoms with Gasteiger partial charge in [0.15, 0.2) is 0 Å². The van der Waals surface area contributed by atoms with Crippen molar-refractivity contribution in [2.45, 2.75) is 13.8 Å². The van der Waals surface area contributed by atoms with Crippen LogP contribution in [0.15, 0.2) is 0 Å². The Labute approximate surface area is 97.9 Å². The lowest BCUT2D eigenvalue weighted by atomic mass is 10.8. The molecular formula is C9H28O7. The van der Waals surface area contributed by atoms with Crippen molar-refractivity contribution in [3.05, 3.63) is 0 Å². The smallest absolute Gasteiger partial charge is 0.302 e. The maximum atomic E-state index is 9.82. The Hall–Kier alpha value is -0.730. The van der Waals surface area contributed by atoms with Gasteiger partial charge in [-0.3, -0.25) is 4.79 Å². The number of esters is 1. The van der Waals surface area contributed by atoms with Gasteiger partial charge in [-0.1, -0.05) is 0 Å². The summed E-state index contributed by atoms with van der Waals surface area (Å²) in [5.41, 5.74) is 0. The van der Waals surface area contributed by atoms with Crippen LogP contribution < -0.4 is 0 Å². The molecule has 0 aromatic rings. The van der Waals surface area contributed by atoms with Crippen LogP contribution in [0.3, 0.4) is 0 Å². The van der Waals surface area contributed by atoms with Crippen molar-refractivity contribution in [2.24, 2.45) is 0 Å².